The quantitative estimate of drug-likeness (QED) is 0.331. The number of halogens is 2. The predicted octanol–water partition coefficient (Wildman–Crippen LogP) is 5.45. The first-order chi connectivity index (χ1) is 14.6. The summed E-state index contributed by atoms with van der Waals surface area (Å²) in [5, 5.41) is 0.661. The fourth-order valence-corrected chi connectivity index (χ4v) is 4.83. The van der Waals surface area contributed by atoms with E-state index >= 15 is 0 Å². The van der Waals surface area contributed by atoms with Crippen LogP contribution in [0.4, 0.5) is 0 Å². The van der Waals surface area contributed by atoms with Crippen LogP contribution < -0.4 is 14.8 Å². The molecule has 7 heteroatoms. The fourth-order valence-electron chi connectivity index (χ4n) is 3.29. The summed E-state index contributed by atoms with van der Waals surface area (Å²) in [5.41, 5.74) is 3.26. The molecule has 0 spiro atoms. The lowest BCUT2D eigenvalue weighted by Crippen LogP contribution is -2.22. The number of para-hydroxylation sites is 2. The maximum atomic E-state index is 13.1. The van der Waals surface area contributed by atoms with Gasteiger partial charge in [0.05, 0.1) is 15.6 Å². The number of hydrogen-bond acceptors (Lipinski definition) is 4. The second kappa shape index (κ2) is 7.87. The third-order valence-electron chi connectivity index (χ3n) is 4.74. The van der Waals surface area contributed by atoms with Crippen molar-refractivity contribution in [3.8, 4) is 5.75 Å². The van der Waals surface area contributed by atoms with Crippen LogP contribution in [0.3, 0.4) is 0 Å². The van der Waals surface area contributed by atoms with Gasteiger partial charge in [0.2, 0.25) is 0 Å². The van der Waals surface area contributed by atoms with Gasteiger partial charge >= 0.3 is 0 Å². The minimum Gasteiger partial charge on any atom is -0.488 e. The lowest BCUT2D eigenvalue weighted by atomic mass is 10.2. The molecule has 0 aliphatic heterocycles. The molecule has 0 radical (unpaired) electrons. The Balaban J connectivity index is 1.58. The summed E-state index contributed by atoms with van der Waals surface area (Å²) in [6, 6.07) is 20.9. The molecule has 2 aromatic heterocycles. The second-order valence-electron chi connectivity index (χ2n) is 6.70. The van der Waals surface area contributed by atoms with Crippen molar-refractivity contribution in [1.29, 1.82) is 0 Å². The molecule has 4 nitrogen and oxygen atoms in total. The van der Waals surface area contributed by atoms with Gasteiger partial charge in [-0.2, -0.15) is 0 Å². The Labute approximate surface area is 189 Å². The van der Waals surface area contributed by atoms with E-state index in [1.54, 1.807) is 4.40 Å². The first-order valence-electron chi connectivity index (χ1n) is 9.17. The number of thiazole rings is 1. The third-order valence-corrected chi connectivity index (χ3v) is 6.58. The normalized spacial score (nSPS) is 12.1. The van der Waals surface area contributed by atoms with E-state index in [0.717, 1.165) is 26.6 Å². The van der Waals surface area contributed by atoms with E-state index in [2.05, 4.69) is 20.9 Å². The first-order valence-corrected chi connectivity index (χ1v) is 11.2. The van der Waals surface area contributed by atoms with Crippen LogP contribution in [0, 0.1) is 0 Å². The molecule has 30 heavy (non-hydrogen) atoms. The molecule has 0 N–H and O–H groups in total. The summed E-state index contributed by atoms with van der Waals surface area (Å²) in [6.07, 6.45) is 1.85. The minimum atomic E-state index is -0.0827. The van der Waals surface area contributed by atoms with Crippen molar-refractivity contribution in [2.45, 2.75) is 6.61 Å². The van der Waals surface area contributed by atoms with Crippen LogP contribution in [0.1, 0.15) is 11.1 Å². The van der Waals surface area contributed by atoms with E-state index in [9.17, 15) is 4.79 Å². The highest BCUT2D eigenvalue weighted by Crippen LogP contribution is 2.26. The standard InChI is InChI=1S/C23H14BrClN2O2S/c24-16-9-10-20(29-13-14-5-1-2-6-17(14)25)15(11-16)12-21-22(28)27-19-8-4-3-7-18(19)26-23(27)30-21/h1-12H,13H2/b21-12-. The van der Waals surface area contributed by atoms with Crippen molar-refractivity contribution in [2.75, 3.05) is 0 Å². The summed E-state index contributed by atoms with van der Waals surface area (Å²) in [4.78, 5) is 18.3. The summed E-state index contributed by atoms with van der Waals surface area (Å²) >= 11 is 11.1. The molecule has 0 saturated heterocycles. The summed E-state index contributed by atoms with van der Waals surface area (Å²) < 4.78 is 9.20. The molecule has 0 atom stereocenters. The maximum Gasteiger partial charge on any atom is 0.274 e. The zero-order chi connectivity index (χ0) is 20.7. The van der Waals surface area contributed by atoms with E-state index < -0.39 is 0 Å². The van der Waals surface area contributed by atoms with Gasteiger partial charge in [-0.15, -0.1) is 0 Å². The average Bonchev–Trinajstić information content (AvgIpc) is 3.25. The number of imidazole rings is 1. The van der Waals surface area contributed by atoms with Crippen molar-refractivity contribution < 1.29 is 4.74 Å². The third kappa shape index (κ3) is 3.51. The highest BCUT2D eigenvalue weighted by molar-refractivity contribution is 9.10. The topological polar surface area (TPSA) is 43.6 Å². The summed E-state index contributed by atoms with van der Waals surface area (Å²) in [5.74, 6) is 0.674. The van der Waals surface area contributed by atoms with Gasteiger partial charge in [-0.05, 0) is 42.5 Å². The smallest absolute Gasteiger partial charge is 0.274 e. The number of fused-ring (bicyclic) bond motifs is 3. The molecular weight excluding hydrogens is 484 g/mol. The van der Waals surface area contributed by atoms with Crippen LogP contribution in [0.25, 0.3) is 22.1 Å². The van der Waals surface area contributed by atoms with Gasteiger partial charge in [0, 0.05) is 20.6 Å². The largest absolute Gasteiger partial charge is 0.488 e. The molecule has 148 valence electrons. The Kier molecular flexibility index (Phi) is 5.06. The number of ether oxygens (including phenoxy) is 1. The Bertz CT molecular complexity index is 1510. The molecule has 0 aliphatic carbocycles. The highest BCUT2D eigenvalue weighted by Gasteiger charge is 2.12. The number of benzene rings is 3. The van der Waals surface area contributed by atoms with Crippen LogP contribution in [0.15, 0.2) is 76.0 Å². The van der Waals surface area contributed by atoms with Crippen LogP contribution in [-0.4, -0.2) is 9.38 Å². The van der Waals surface area contributed by atoms with E-state index in [4.69, 9.17) is 16.3 Å². The zero-order valence-corrected chi connectivity index (χ0v) is 18.7. The number of nitrogens with zero attached hydrogens (tertiary/aromatic N) is 2. The monoisotopic (exact) mass is 496 g/mol. The molecule has 3 aromatic carbocycles. The lowest BCUT2D eigenvalue weighted by Gasteiger charge is -2.10. The summed E-state index contributed by atoms with van der Waals surface area (Å²) in [7, 11) is 0. The molecule has 0 unspecified atom stereocenters. The van der Waals surface area contributed by atoms with Crippen molar-refractivity contribution in [1.82, 2.24) is 9.38 Å². The maximum absolute atomic E-state index is 13.1. The second-order valence-corrected chi connectivity index (χ2v) is 9.03. The number of hydrogen-bond donors (Lipinski definition) is 0. The first kappa shape index (κ1) is 19.3. The minimum absolute atomic E-state index is 0.0827. The zero-order valence-electron chi connectivity index (χ0n) is 15.5. The summed E-state index contributed by atoms with van der Waals surface area (Å²) in [6.45, 7) is 0.338. The number of rotatable bonds is 4. The van der Waals surface area contributed by atoms with Crippen molar-refractivity contribution in [3.63, 3.8) is 0 Å². The van der Waals surface area contributed by atoms with E-state index in [-0.39, 0.29) is 5.56 Å². The van der Waals surface area contributed by atoms with Crippen LogP contribution in [0.5, 0.6) is 5.75 Å². The molecular formula is C23H14BrClN2O2S. The van der Waals surface area contributed by atoms with E-state index in [0.29, 0.717) is 26.9 Å². The lowest BCUT2D eigenvalue weighted by molar-refractivity contribution is 0.305. The molecule has 2 heterocycles. The van der Waals surface area contributed by atoms with Gasteiger partial charge in [-0.1, -0.05) is 69.2 Å². The van der Waals surface area contributed by atoms with Crippen LogP contribution in [0.2, 0.25) is 5.02 Å². The SMILES string of the molecule is O=c1/c(=C/c2cc(Br)ccc2OCc2ccccc2Cl)sc2nc3ccccc3n12. The average molecular weight is 498 g/mol. The van der Waals surface area contributed by atoms with Gasteiger partial charge < -0.3 is 4.74 Å². The van der Waals surface area contributed by atoms with Crippen molar-refractivity contribution >= 4 is 60.9 Å². The Hall–Kier alpha value is -2.67. The number of aromatic nitrogens is 2. The molecule has 0 amide bonds. The molecule has 0 bridgehead atoms. The van der Waals surface area contributed by atoms with Crippen molar-refractivity contribution in [2.24, 2.45) is 0 Å². The molecule has 0 saturated carbocycles. The Morgan fingerprint density at radius 2 is 1.90 bits per heavy atom. The highest BCUT2D eigenvalue weighted by atomic mass is 79.9. The van der Waals surface area contributed by atoms with Crippen LogP contribution in [-0.2, 0) is 6.61 Å². The Morgan fingerprint density at radius 3 is 2.77 bits per heavy atom. The van der Waals surface area contributed by atoms with E-state index in [1.165, 1.54) is 11.3 Å². The Morgan fingerprint density at radius 1 is 1.10 bits per heavy atom. The van der Waals surface area contributed by atoms with Gasteiger partial charge in [0.25, 0.3) is 5.56 Å². The van der Waals surface area contributed by atoms with Gasteiger partial charge in [-0.3, -0.25) is 4.79 Å². The fraction of sp³-hybridized carbons (Fsp3) is 0.0435. The van der Waals surface area contributed by atoms with Crippen molar-refractivity contribution in [3.05, 3.63) is 102 Å². The van der Waals surface area contributed by atoms with Crippen LogP contribution >= 0.6 is 38.9 Å². The molecule has 0 fully saturated rings. The molecule has 5 rings (SSSR count). The van der Waals surface area contributed by atoms with Gasteiger partial charge in [-0.25, -0.2) is 9.38 Å². The van der Waals surface area contributed by atoms with Gasteiger partial charge in [0.1, 0.15) is 12.4 Å². The molecule has 5 aromatic rings. The molecule has 0 aliphatic rings. The predicted molar refractivity (Wildman–Crippen MR) is 126 cm³/mol. The van der Waals surface area contributed by atoms with E-state index in [1.807, 2.05) is 72.8 Å². The van der Waals surface area contributed by atoms with Gasteiger partial charge in [0.15, 0.2) is 4.96 Å².